The molecule has 0 aliphatic carbocycles. The minimum absolute atomic E-state index is 0.00689. The SMILES string of the molecule is Nc1cc(=O)[nH]c(SCC(=O)Nc2ccc(C(F)(F)F)cc2Cl)n1. The van der Waals surface area contributed by atoms with Crippen molar-refractivity contribution in [2.45, 2.75) is 11.3 Å². The first-order valence-corrected chi connectivity index (χ1v) is 7.68. The summed E-state index contributed by atoms with van der Waals surface area (Å²) >= 11 is 6.65. The number of H-pyrrole nitrogens is 1. The van der Waals surface area contributed by atoms with Crippen molar-refractivity contribution in [1.29, 1.82) is 0 Å². The molecular weight excluding hydrogens is 369 g/mol. The highest BCUT2D eigenvalue weighted by Gasteiger charge is 2.30. The molecule has 0 spiro atoms. The average molecular weight is 379 g/mol. The van der Waals surface area contributed by atoms with Gasteiger partial charge in [0.2, 0.25) is 5.91 Å². The van der Waals surface area contributed by atoms with Crippen molar-refractivity contribution in [3.8, 4) is 0 Å². The highest BCUT2D eigenvalue weighted by molar-refractivity contribution is 7.99. The monoisotopic (exact) mass is 378 g/mol. The third-order valence-corrected chi connectivity index (χ3v) is 3.84. The van der Waals surface area contributed by atoms with E-state index in [4.69, 9.17) is 17.3 Å². The second-order valence-electron chi connectivity index (χ2n) is 4.50. The van der Waals surface area contributed by atoms with Crippen LogP contribution in [-0.4, -0.2) is 21.6 Å². The molecule has 128 valence electrons. The summed E-state index contributed by atoms with van der Waals surface area (Å²) in [5.74, 6) is -0.678. The van der Waals surface area contributed by atoms with Gasteiger partial charge in [-0.25, -0.2) is 4.98 Å². The molecule has 24 heavy (non-hydrogen) atoms. The lowest BCUT2D eigenvalue weighted by molar-refractivity contribution is -0.137. The number of nitrogens with zero attached hydrogens (tertiary/aromatic N) is 1. The second-order valence-corrected chi connectivity index (χ2v) is 5.88. The van der Waals surface area contributed by atoms with Gasteiger partial charge in [0.25, 0.3) is 5.56 Å². The van der Waals surface area contributed by atoms with Crippen LogP contribution in [0.3, 0.4) is 0 Å². The van der Waals surface area contributed by atoms with Gasteiger partial charge in [0.1, 0.15) is 5.82 Å². The first-order chi connectivity index (χ1) is 11.1. The molecule has 0 aliphatic rings. The molecular formula is C13H10ClF3N4O2S. The minimum Gasteiger partial charge on any atom is -0.383 e. The van der Waals surface area contributed by atoms with Gasteiger partial charge in [0.15, 0.2) is 5.16 Å². The summed E-state index contributed by atoms with van der Waals surface area (Å²) < 4.78 is 37.6. The maximum atomic E-state index is 12.5. The Bertz CT molecular complexity index is 826. The number of alkyl halides is 3. The molecule has 0 unspecified atom stereocenters. The van der Waals surface area contributed by atoms with E-state index in [2.05, 4.69) is 15.3 Å². The number of nitrogens with one attached hydrogen (secondary N) is 2. The molecule has 0 bridgehead atoms. The van der Waals surface area contributed by atoms with Crippen molar-refractivity contribution < 1.29 is 18.0 Å². The topological polar surface area (TPSA) is 101 Å². The number of benzene rings is 1. The van der Waals surface area contributed by atoms with Gasteiger partial charge in [0.05, 0.1) is 22.0 Å². The average Bonchev–Trinajstić information content (AvgIpc) is 2.45. The third kappa shape index (κ3) is 4.90. The van der Waals surface area contributed by atoms with E-state index in [9.17, 15) is 22.8 Å². The molecule has 2 rings (SSSR count). The summed E-state index contributed by atoms with van der Waals surface area (Å²) in [7, 11) is 0. The van der Waals surface area contributed by atoms with E-state index in [1.165, 1.54) is 0 Å². The van der Waals surface area contributed by atoms with Crippen LogP contribution in [-0.2, 0) is 11.0 Å². The second kappa shape index (κ2) is 7.14. The molecule has 0 atom stereocenters. The number of amides is 1. The highest BCUT2D eigenvalue weighted by Crippen LogP contribution is 2.33. The van der Waals surface area contributed by atoms with Crippen molar-refractivity contribution in [2.75, 3.05) is 16.8 Å². The molecule has 6 nitrogen and oxygen atoms in total. The molecule has 1 amide bonds. The predicted molar refractivity (Wildman–Crippen MR) is 85.1 cm³/mol. The number of carbonyl (C=O) groups excluding carboxylic acids is 1. The molecule has 1 aromatic heterocycles. The smallest absolute Gasteiger partial charge is 0.383 e. The van der Waals surface area contributed by atoms with Gasteiger partial charge < -0.3 is 16.0 Å². The Labute approximate surface area is 142 Å². The van der Waals surface area contributed by atoms with Gasteiger partial charge >= 0.3 is 6.18 Å². The van der Waals surface area contributed by atoms with Crippen LogP contribution in [0.25, 0.3) is 0 Å². The number of hydrogen-bond donors (Lipinski definition) is 3. The zero-order valence-electron chi connectivity index (χ0n) is 11.8. The molecule has 0 saturated heterocycles. The number of aromatic amines is 1. The van der Waals surface area contributed by atoms with E-state index in [1.807, 2.05) is 0 Å². The van der Waals surface area contributed by atoms with Crippen LogP contribution in [0.5, 0.6) is 0 Å². The summed E-state index contributed by atoms with van der Waals surface area (Å²) in [6, 6.07) is 3.69. The van der Waals surface area contributed by atoms with E-state index in [0.29, 0.717) is 0 Å². The Hall–Kier alpha value is -2.20. The first kappa shape index (κ1) is 18.1. The standard InChI is InChI=1S/C13H10ClF3N4O2S/c14-7-3-6(13(15,16)17)1-2-8(7)19-11(23)5-24-12-20-9(18)4-10(22)21-12/h1-4H,5H2,(H,19,23)(H3,18,20,21,22). The van der Waals surface area contributed by atoms with E-state index in [-0.39, 0.29) is 27.4 Å². The molecule has 2 aromatic rings. The van der Waals surface area contributed by atoms with E-state index < -0.39 is 23.2 Å². The Balaban J connectivity index is 2.01. The van der Waals surface area contributed by atoms with Crippen molar-refractivity contribution in [3.05, 3.63) is 45.2 Å². The number of nitrogens with two attached hydrogens (primary N) is 1. The zero-order valence-corrected chi connectivity index (χ0v) is 13.4. The van der Waals surface area contributed by atoms with Gasteiger partial charge in [-0.2, -0.15) is 13.2 Å². The number of rotatable bonds is 4. The summed E-state index contributed by atoms with van der Waals surface area (Å²) in [6.07, 6.45) is -4.52. The molecule has 0 radical (unpaired) electrons. The van der Waals surface area contributed by atoms with Crippen LogP contribution < -0.4 is 16.6 Å². The maximum absolute atomic E-state index is 12.5. The number of anilines is 2. The number of nitrogen functional groups attached to an aromatic ring is 1. The molecule has 0 fully saturated rings. The number of aromatic nitrogens is 2. The summed E-state index contributed by atoms with van der Waals surface area (Å²) in [4.78, 5) is 29.2. The van der Waals surface area contributed by atoms with Gasteiger partial charge in [-0.3, -0.25) is 9.59 Å². The molecule has 0 aliphatic heterocycles. The summed E-state index contributed by atoms with van der Waals surface area (Å²) in [5.41, 5.74) is 4.07. The van der Waals surface area contributed by atoms with Crippen LogP contribution in [0.15, 0.2) is 34.2 Å². The number of carbonyl (C=O) groups is 1. The van der Waals surface area contributed by atoms with Crippen LogP contribution in [0.2, 0.25) is 5.02 Å². The van der Waals surface area contributed by atoms with Gasteiger partial charge in [0, 0.05) is 6.07 Å². The lowest BCUT2D eigenvalue weighted by Crippen LogP contribution is -2.16. The molecule has 0 saturated carbocycles. The predicted octanol–water partition coefficient (Wildman–Crippen LogP) is 2.76. The van der Waals surface area contributed by atoms with E-state index in [1.54, 1.807) is 0 Å². The van der Waals surface area contributed by atoms with Crippen LogP contribution in [0, 0.1) is 0 Å². The zero-order chi connectivity index (χ0) is 17.9. The number of thioether (sulfide) groups is 1. The lowest BCUT2D eigenvalue weighted by Gasteiger charge is -2.11. The summed E-state index contributed by atoms with van der Waals surface area (Å²) in [6.45, 7) is 0. The van der Waals surface area contributed by atoms with Gasteiger partial charge in [-0.1, -0.05) is 23.4 Å². The van der Waals surface area contributed by atoms with Crippen LogP contribution in [0.4, 0.5) is 24.7 Å². The quantitative estimate of drug-likeness (QED) is 0.561. The maximum Gasteiger partial charge on any atom is 0.416 e. The van der Waals surface area contributed by atoms with Crippen LogP contribution in [0.1, 0.15) is 5.56 Å². The largest absolute Gasteiger partial charge is 0.416 e. The number of halogens is 4. The molecule has 4 N–H and O–H groups in total. The fraction of sp³-hybridized carbons (Fsp3) is 0.154. The van der Waals surface area contributed by atoms with E-state index >= 15 is 0 Å². The fourth-order valence-corrected chi connectivity index (χ4v) is 2.55. The van der Waals surface area contributed by atoms with E-state index in [0.717, 1.165) is 36.0 Å². The minimum atomic E-state index is -4.52. The summed E-state index contributed by atoms with van der Waals surface area (Å²) in [5, 5.41) is 2.29. The van der Waals surface area contributed by atoms with Gasteiger partial charge in [-0.15, -0.1) is 0 Å². The molecule has 1 aromatic carbocycles. The Kier molecular flexibility index (Phi) is 5.40. The normalized spacial score (nSPS) is 11.3. The van der Waals surface area contributed by atoms with Crippen molar-refractivity contribution >= 4 is 40.8 Å². The number of hydrogen-bond acceptors (Lipinski definition) is 5. The molecule has 11 heteroatoms. The van der Waals surface area contributed by atoms with Crippen molar-refractivity contribution in [3.63, 3.8) is 0 Å². The Morgan fingerprint density at radius 1 is 1.38 bits per heavy atom. The highest BCUT2D eigenvalue weighted by atomic mass is 35.5. The Morgan fingerprint density at radius 3 is 2.67 bits per heavy atom. The van der Waals surface area contributed by atoms with Gasteiger partial charge in [-0.05, 0) is 18.2 Å². The molecule has 1 heterocycles. The lowest BCUT2D eigenvalue weighted by atomic mass is 10.2. The van der Waals surface area contributed by atoms with Crippen LogP contribution >= 0.6 is 23.4 Å². The third-order valence-electron chi connectivity index (χ3n) is 2.65. The Morgan fingerprint density at radius 2 is 2.08 bits per heavy atom. The first-order valence-electron chi connectivity index (χ1n) is 6.31. The van der Waals surface area contributed by atoms with Crippen molar-refractivity contribution in [2.24, 2.45) is 0 Å². The fourth-order valence-electron chi connectivity index (χ4n) is 1.63. The van der Waals surface area contributed by atoms with Crippen molar-refractivity contribution in [1.82, 2.24) is 9.97 Å².